The van der Waals surface area contributed by atoms with Gasteiger partial charge in [-0.2, -0.15) is 0 Å². The van der Waals surface area contributed by atoms with Crippen LogP contribution in [0.15, 0.2) is 97.2 Å². The number of aliphatic hydroxyl groups excluding tert-OH is 5. The number of ether oxygens (including phenoxy) is 3. The molecular formula is C81H143NO10. The van der Waals surface area contributed by atoms with Crippen molar-refractivity contribution in [3.8, 4) is 0 Å². The summed E-state index contributed by atoms with van der Waals surface area (Å²) in [5.41, 5.74) is 0. The Hall–Kier alpha value is -3.42. The highest BCUT2D eigenvalue weighted by Gasteiger charge is 2.47. The summed E-state index contributed by atoms with van der Waals surface area (Å²) in [6.07, 6.45) is 81.6. The molecule has 8 atom stereocenters. The van der Waals surface area contributed by atoms with Crippen LogP contribution in [-0.4, -0.2) is 99.6 Å². The van der Waals surface area contributed by atoms with Crippen LogP contribution < -0.4 is 5.32 Å². The lowest BCUT2D eigenvalue weighted by atomic mass is 9.99. The zero-order valence-electron chi connectivity index (χ0n) is 59.4. The lowest BCUT2D eigenvalue weighted by Gasteiger charge is -2.41. The monoisotopic (exact) mass is 1290 g/mol. The first-order valence-electron chi connectivity index (χ1n) is 38.5. The van der Waals surface area contributed by atoms with E-state index in [0.717, 1.165) is 103 Å². The molecule has 0 radical (unpaired) electrons. The molecule has 1 aliphatic heterocycles. The van der Waals surface area contributed by atoms with Gasteiger partial charge in [-0.25, -0.2) is 0 Å². The number of unbranched alkanes of at least 4 members (excludes halogenated alkanes) is 38. The number of rotatable bonds is 66. The van der Waals surface area contributed by atoms with Crippen molar-refractivity contribution in [2.45, 2.75) is 391 Å². The molecule has 11 nitrogen and oxygen atoms in total. The number of carbonyl (C=O) groups excluding carboxylic acids is 2. The van der Waals surface area contributed by atoms with E-state index in [1.165, 1.54) is 193 Å². The average molecular weight is 1290 g/mol. The van der Waals surface area contributed by atoms with Crippen LogP contribution in [0.2, 0.25) is 0 Å². The summed E-state index contributed by atoms with van der Waals surface area (Å²) in [4.78, 5) is 26.8. The second-order valence-corrected chi connectivity index (χ2v) is 26.4. The van der Waals surface area contributed by atoms with Gasteiger partial charge < -0.3 is 45.1 Å². The summed E-state index contributed by atoms with van der Waals surface area (Å²) in [6.45, 7) is 5.69. The fourth-order valence-electron chi connectivity index (χ4n) is 11.7. The van der Waals surface area contributed by atoms with Gasteiger partial charge in [-0.15, -0.1) is 0 Å². The second-order valence-electron chi connectivity index (χ2n) is 26.4. The van der Waals surface area contributed by atoms with Crippen molar-refractivity contribution in [2.24, 2.45) is 0 Å². The van der Waals surface area contributed by atoms with Crippen LogP contribution in [0.3, 0.4) is 0 Å². The fourth-order valence-corrected chi connectivity index (χ4v) is 11.7. The molecule has 0 aromatic rings. The quantitative estimate of drug-likeness (QED) is 0.0195. The number of carbonyl (C=O) groups is 2. The maximum atomic E-state index is 13.5. The molecule has 1 saturated heterocycles. The molecule has 0 aromatic carbocycles. The largest absolute Gasteiger partial charge is 0.454 e. The third-order valence-corrected chi connectivity index (χ3v) is 17.7. The summed E-state index contributed by atoms with van der Waals surface area (Å²) in [5.74, 6) is -1.19. The van der Waals surface area contributed by atoms with E-state index >= 15 is 0 Å². The number of hydrogen-bond donors (Lipinski definition) is 6. The van der Waals surface area contributed by atoms with Gasteiger partial charge in [-0.1, -0.05) is 330 Å². The van der Waals surface area contributed by atoms with Gasteiger partial charge in [-0.3, -0.25) is 9.59 Å². The molecular weight excluding hydrogens is 1150 g/mol. The van der Waals surface area contributed by atoms with E-state index in [4.69, 9.17) is 14.2 Å². The minimum atomic E-state index is -1.62. The van der Waals surface area contributed by atoms with E-state index in [2.05, 4.69) is 111 Å². The SMILES string of the molecule is CC/C=C\C/C=C\C/C=C\C/C=C\C/C=C\CCCCCCCCCCCCC(O)C(=O)NC(COC1OC(CO)C(O)C(O)C1OC(=O)CCCCCCCCCCCCCCCCC/C=C\C/C=C\CCCCC)C(O)/C=C/CCCCCCCCCCCC. The minimum absolute atomic E-state index is 0.122. The molecule has 1 aliphatic rings. The van der Waals surface area contributed by atoms with Gasteiger partial charge in [0.15, 0.2) is 12.4 Å². The second kappa shape index (κ2) is 67.6. The van der Waals surface area contributed by atoms with Crippen LogP contribution in [0.25, 0.3) is 0 Å². The molecule has 1 heterocycles. The molecule has 1 amide bonds. The Morgan fingerprint density at radius 3 is 1.20 bits per heavy atom. The number of esters is 1. The number of aliphatic hydroxyl groups is 5. The van der Waals surface area contributed by atoms with E-state index in [0.29, 0.717) is 12.8 Å². The summed E-state index contributed by atoms with van der Waals surface area (Å²) in [6, 6.07) is -1.03. The van der Waals surface area contributed by atoms with Crippen molar-refractivity contribution in [3.05, 3.63) is 97.2 Å². The maximum Gasteiger partial charge on any atom is 0.306 e. The Morgan fingerprint density at radius 1 is 0.435 bits per heavy atom. The van der Waals surface area contributed by atoms with Gasteiger partial charge in [-0.05, 0) is 103 Å². The van der Waals surface area contributed by atoms with E-state index < -0.39 is 67.4 Å². The molecule has 0 aromatic heterocycles. The van der Waals surface area contributed by atoms with Gasteiger partial charge in [0.1, 0.15) is 24.4 Å². The molecule has 92 heavy (non-hydrogen) atoms. The molecule has 532 valence electrons. The highest BCUT2D eigenvalue weighted by Crippen LogP contribution is 2.26. The Balaban J connectivity index is 2.52. The average Bonchev–Trinajstić information content (AvgIpc) is 0.881. The summed E-state index contributed by atoms with van der Waals surface area (Å²) in [7, 11) is 0. The molecule has 1 fully saturated rings. The lowest BCUT2D eigenvalue weighted by Crippen LogP contribution is -2.61. The normalized spacial score (nSPS) is 18.5. The highest BCUT2D eigenvalue weighted by atomic mass is 16.7. The van der Waals surface area contributed by atoms with Crippen LogP contribution in [0.1, 0.15) is 342 Å². The number of nitrogens with one attached hydrogen (secondary N) is 1. The summed E-state index contributed by atoms with van der Waals surface area (Å²) < 4.78 is 17.7. The summed E-state index contributed by atoms with van der Waals surface area (Å²) >= 11 is 0. The van der Waals surface area contributed by atoms with Crippen LogP contribution >= 0.6 is 0 Å². The van der Waals surface area contributed by atoms with E-state index in [9.17, 15) is 35.1 Å². The summed E-state index contributed by atoms with van der Waals surface area (Å²) in [5, 5.41) is 57.4. The predicted octanol–water partition coefficient (Wildman–Crippen LogP) is 20.6. The smallest absolute Gasteiger partial charge is 0.306 e. The molecule has 8 unspecified atom stereocenters. The lowest BCUT2D eigenvalue weighted by molar-refractivity contribution is -0.305. The molecule has 11 heteroatoms. The highest BCUT2D eigenvalue weighted by molar-refractivity contribution is 5.80. The van der Waals surface area contributed by atoms with E-state index in [1.807, 2.05) is 6.08 Å². The molecule has 0 bridgehead atoms. The molecule has 0 aliphatic carbocycles. The standard InChI is InChI=1S/C81H143NO10/c1-4-7-10-13-16-19-22-25-27-29-31-33-35-37-39-40-42-44-46-48-50-53-56-59-62-65-68-74(85)80(89)82-72(73(84)67-64-61-58-55-52-24-21-18-15-12-9-6-3)71-90-81-79(78(88)77(87)75(70-83)91-81)92-76(86)69-66-63-60-57-54-51-49-47-45-43-41-38-36-34-32-30-28-26-23-20-17-14-11-8-5-2/h7,10,16-17,19-20,25-28,31,33,37,39,64,67,72-75,77-79,81,83-85,87-88H,4-6,8-9,11-15,18,21-24,29-30,32,34-36,38,40-63,65-66,68-71H2,1-3H3,(H,82,89)/b10-7-,19-16-,20-17-,27-25-,28-26-,33-31-,39-37-,67-64+. The van der Waals surface area contributed by atoms with Crippen LogP contribution in [0.5, 0.6) is 0 Å². The van der Waals surface area contributed by atoms with Crippen molar-refractivity contribution in [1.29, 1.82) is 0 Å². The number of amides is 1. The third-order valence-electron chi connectivity index (χ3n) is 17.7. The Morgan fingerprint density at radius 2 is 0.783 bits per heavy atom. The Kier molecular flexibility index (Phi) is 63.6. The molecule has 0 spiro atoms. The van der Waals surface area contributed by atoms with Crippen molar-refractivity contribution < 1.29 is 49.3 Å². The number of allylic oxidation sites excluding steroid dienone is 15. The first-order chi connectivity index (χ1) is 45.2. The Bertz CT molecular complexity index is 1870. The zero-order chi connectivity index (χ0) is 66.7. The van der Waals surface area contributed by atoms with Gasteiger partial charge >= 0.3 is 5.97 Å². The first kappa shape index (κ1) is 86.6. The third kappa shape index (κ3) is 53.8. The van der Waals surface area contributed by atoms with Crippen LogP contribution in [0.4, 0.5) is 0 Å². The maximum absolute atomic E-state index is 13.5. The van der Waals surface area contributed by atoms with Crippen molar-refractivity contribution in [2.75, 3.05) is 13.2 Å². The first-order valence-corrected chi connectivity index (χ1v) is 38.5. The van der Waals surface area contributed by atoms with Crippen molar-refractivity contribution in [3.63, 3.8) is 0 Å². The Labute approximate surface area is 565 Å². The molecule has 6 N–H and O–H groups in total. The van der Waals surface area contributed by atoms with Gasteiger partial charge in [0.25, 0.3) is 0 Å². The van der Waals surface area contributed by atoms with E-state index in [1.54, 1.807) is 6.08 Å². The van der Waals surface area contributed by atoms with Gasteiger partial charge in [0.05, 0.1) is 25.4 Å². The van der Waals surface area contributed by atoms with Crippen molar-refractivity contribution >= 4 is 11.9 Å². The number of hydrogen-bond acceptors (Lipinski definition) is 10. The topological polar surface area (TPSA) is 175 Å². The fraction of sp³-hybridized carbons (Fsp3) is 0.778. The van der Waals surface area contributed by atoms with Gasteiger partial charge in [0, 0.05) is 6.42 Å². The molecule has 0 saturated carbocycles. The van der Waals surface area contributed by atoms with Crippen LogP contribution in [0, 0.1) is 0 Å². The predicted molar refractivity (Wildman–Crippen MR) is 389 cm³/mol. The van der Waals surface area contributed by atoms with Gasteiger partial charge in [0.2, 0.25) is 5.91 Å². The van der Waals surface area contributed by atoms with Crippen LogP contribution in [-0.2, 0) is 23.8 Å². The van der Waals surface area contributed by atoms with Crippen molar-refractivity contribution in [1.82, 2.24) is 5.32 Å². The zero-order valence-corrected chi connectivity index (χ0v) is 59.4. The van der Waals surface area contributed by atoms with E-state index in [-0.39, 0.29) is 19.4 Å². The minimum Gasteiger partial charge on any atom is -0.454 e. The molecule has 1 rings (SSSR count).